The lowest BCUT2D eigenvalue weighted by molar-refractivity contribution is 0.224. The Hall–Kier alpha value is -2.74. The van der Waals surface area contributed by atoms with Gasteiger partial charge in [-0.1, -0.05) is 17.4 Å². The van der Waals surface area contributed by atoms with Crippen molar-refractivity contribution in [3.05, 3.63) is 42.1 Å². The Bertz CT molecular complexity index is 1210. The highest BCUT2D eigenvalue weighted by atomic mass is 32.2. The predicted octanol–water partition coefficient (Wildman–Crippen LogP) is 1.81. The van der Waals surface area contributed by atoms with Crippen LogP contribution in [0, 0.1) is 12.7 Å². The van der Waals surface area contributed by atoms with E-state index >= 15 is 0 Å². The molecule has 1 saturated heterocycles. The van der Waals surface area contributed by atoms with Crippen LogP contribution >= 0.6 is 11.3 Å². The van der Waals surface area contributed by atoms with Gasteiger partial charge in [0.05, 0.1) is 16.8 Å². The van der Waals surface area contributed by atoms with Crippen LogP contribution in [0.25, 0.3) is 10.6 Å². The predicted molar refractivity (Wildman–Crippen MR) is 122 cm³/mol. The van der Waals surface area contributed by atoms with E-state index in [-0.39, 0.29) is 18.2 Å². The number of thiazole rings is 1. The third-order valence-corrected chi connectivity index (χ3v) is 7.46. The standard InChI is InChI=1S/C19H23FN8O2S2/c1-12-17(31-19(21-2)25-12)16-13(20)10-24-18(26-16)28(14-6-4-5-7-22-14)27-9-8-23-15(11-27)32(3,29)30/h4-7,10,15,23H,8-9,11H2,1-3H3,(H,21,25). The number of sulfone groups is 1. The van der Waals surface area contributed by atoms with E-state index < -0.39 is 21.0 Å². The molecule has 4 heterocycles. The summed E-state index contributed by atoms with van der Waals surface area (Å²) in [6.07, 6.45) is 3.93. The van der Waals surface area contributed by atoms with Crippen LogP contribution in [0.4, 0.5) is 21.3 Å². The summed E-state index contributed by atoms with van der Waals surface area (Å²) in [7, 11) is -1.59. The summed E-state index contributed by atoms with van der Waals surface area (Å²) < 4.78 is 39.1. The van der Waals surface area contributed by atoms with E-state index in [1.54, 1.807) is 42.3 Å². The molecule has 0 aliphatic carbocycles. The molecule has 1 aliphatic heterocycles. The van der Waals surface area contributed by atoms with Crippen LogP contribution in [0.5, 0.6) is 0 Å². The molecule has 13 heteroatoms. The third kappa shape index (κ3) is 4.55. The number of halogens is 1. The molecule has 0 radical (unpaired) electrons. The van der Waals surface area contributed by atoms with Crippen molar-refractivity contribution in [3.63, 3.8) is 0 Å². The maximum atomic E-state index is 14.8. The Labute approximate surface area is 189 Å². The van der Waals surface area contributed by atoms with Gasteiger partial charge in [0, 0.05) is 39.1 Å². The summed E-state index contributed by atoms with van der Waals surface area (Å²) >= 11 is 1.29. The first-order valence-electron chi connectivity index (χ1n) is 9.84. The van der Waals surface area contributed by atoms with Crippen LogP contribution in [0.3, 0.4) is 0 Å². The highest BCUT2D eigenvalue weighted by molar-refractivity contribution is 7.91. The number of hydrogen-bond donors (Lipinski definition) is 2. The number of nitrogens with zero attached hydrogens (tertiary/aromatic N) is 6. The minimum atomic E-state index is -3.33. The van der Waals surface area contributed by atoms with Gasteiger partial charge in [-0.25, -0.2) is 42.8 Å². The van der Waals surface area contributed by atoms with Crippen LogP contribution in [0.2, 0.25) is 0 Å². The largest absolute Gasteiger partial charge is 0.365 e. The minimum absolute atomic E-state index is 0.127. The Morgan fingerprint density at radius 1 is 1.31 bits per heavy atom. The molecule has 0 saturated carbocycles. The first-order valence-corrected chi connectivity index (χ1v) is 12.6. The minimum Gasteiger partial charge on any atom is -0.365 e. The second kappa shape index (κ2) is 9.02. The maximum absolute atomic E-state index is 14.8. The highest BCUT2D eigenvalue weighted by Crippen LogP contribution is 2.34. The molecule has 4 rings (SSSR count). The van der Waals surface area contributed by atoms with E-state index in [4.69, 9.17) is 0 Å². The molecule has 2 N–H and O–H groups in total. The van der Waals surface area contributed by atoms with Crippen molar-refractivity contribution in [3.8, 4) is 10.6 Å². The molecule has 1 unspecified atom stereocenters. The van der Waals surface area contributed by atoms with Crippen molar-refractivity contribution in [1.29, 1.82) is 0 Å². The van der Waals surface area contributed by atoms with Crippen molar-refractivity contribution in [2.75, 3.05) is 43.3 Å². The van der Waals surface area contributed by atoms with Gasteiger partial charge in [0.25, 0.3) is 0 Å². The van der Waals surface area contributed by atoms with Crippen molar-refractivity contribution in [1.82, 2.24) is 30.3 Å². The van der Waals surface area contributed by atoms with E-state index in [1.807, 2.05) is 6.07 Å². The summed E-state index contributed by atoms with van der Waals surface area (Å²) in [5.41, 5.74) is 0.772. The van der Waals surface area contributed by atoms with Crippen LogP contribution in [-0.4, -0.2) is 71.7 Å². The number of rotatable bonds is 6. The van der Waals surface area contributed by atoms with E-state index in [2.05, 4.69) is 30.6 Å². The number of aromatic nitrogens is 4. The lowest BCUT2D eigenvalue weighted by atomic mass is 10.3. The summed E-state index contributed by atoms with van der Waals surface area (Å²) in [5, 5.41) is 9.31. The fourth-order valence-electron chi connectivity index (χ4n) is 3.37. The van der Waals surface area contributed by atoms with Crippen molar-refractivity contribution >= 4 is 38.1 Å². The highest BCUT2D eigenvalue weighted by Gasteiger charge is 2.33. The van der Waals surface area contributed by atoms with Crippen LogP contribution in [0.15, 0.2) is 30.6 Å². The molecular weight excluding hydrogens is 455 g/mol. The summed E-state index contributed by atoms with van der Waals surface area (Å²) in [4.78, 5) is 18.1. The molecule has 10 nitrogen and oxygen atoms in total. The molecule has 3 aromatic rings. The number of nitrogens with one attached hydrogen (secondary N) is 2. The van der Waals surface area contributed by atoms with E-state index in [0.29, 0.717) is 34.6 Å². The van der Waals surface area contributed by atoms with Gasteiger partial charge in [-0.15, -0.1) is 0 Å². The smallest absolute Gasteiger partial charge is 0.247 e. The van der Waals surface area contributed by atoms with Crippen LogP contribution in [-0.2, 0) is 9.84 Å². The number of hydrazine groups is 1. The monoisotopic (exact) mass is 478 g/mol. The number of hydrogen-bond acceptors (Lipinski definition) is 11. The molecule has 170 valence electrons. The third-order valence-electron chi connectivity index (χ3n) is 4.93. The van der Waals surface area contributed by atoms with Gasteiger partial charge < -0.3 is 5.32 Å². The first kappa shape index (κ1) is 22.5. The Kier molecular flexibility index (Phi) is 6.33. The first-order chi connectivity index (χ1) is 15.3. The Morgan fingerprint density at radius 2 is 2.12 bits per heavy atom. The Morgan fingerprint density at radius 3 is 2.78 bits per heavy atom. The summed E-state index contributed by atoms with van der Waals surface area (Å²) in [6, 6.07) is 5.35. The van der Waals surface area contributed by atoms with Gasteiger partial charge in [-0.3, -0.25) is 5.32 Å². The van der Waals surface area contributed by atoms with Crippen LogP contribution in [0.1, 0.15) is 5.69 Å². The Balaban J connectivity index is 1.79. The zero-order valence-corrected chi connectivity index (χ0v) is 19.4. The maximum Gasteiger partial charge on any atom is 0.247 e. The average molecular weight is 479 g/mol. The van der Waals surface area contributed by atoms with E-state index in [1.165, 1.54) is 17.6 Å². The second-order valence-electron chi connectivity index (χ2n) is 7.23. The number of aryl methyl sites for hydroxylation is 1. The number of anilines is 3. The molecule has 0 spiro atoms. The van der Waals surface area contributed by atoms with Gasteiger partial charge in [0.2, 0.25) is 5.95 Å². The van der Waals surface area contributed by atoms with Gasteiger partial charge in [0.15, 0.2) is 20.8 Å². The van der Waals surface area contributed by atoms with Gasteiger partial charge >= 0.3 is 0 Å². The SMILES string of the molecule is CNc1nc(C)c(-c2nc(N(c3ccccn3)N3CCNC(S(C)(=O)=O)C3)ncc2F)s1. The fourth-order valence-corrected chi connectivity index (χ4v) is 5.14. The molecule has 1 fully saturated rings. The van der Waals surface area contributed by atoms with Crippen molar-refractivity contribution in [2.45, 2.75) is 12.3 Å². The number of pyridine rings is 1. The second-order valence-corrected chi connectivity index (χ2v) is 10.5. The topological polar surface area (TPSA) is 116 Å². The van der Waals surface area contributed by atoms with Crippen molar-refractivity contribution < 1.29 is 12.8 Å². The molecule has 1 aliphatic rings. The zero-order valence-electron chi connectivity index (χ0n) is 17.8. The van der Waals surface area contributed by atoms with E-state index in [0.717, 1.165) is 6.20 Å². The van der Waals surface area contributed by atoms with E-state index in [9.17, 15) is 12.8 Å². The normalized spacial score (nSPS) is 17.3. The molecular formula is C19H23FN8O2S2. The molecule has 3 aromatic heterocycles. The molecule has 1 atom stereocenters. The summed E-state index contributed by atoms with van der Waals surface area (Å²) in [6.45, 7) is 2.88. The molecule has 0 amide bonds. The number of piperazine rings is 1. The van der Waals surface area contributed by atoms with Crippen molar-refractivity contribution in [2.24, 2.45) is 0 Å². The van der Waals surface area contributed by atoms with Gasteiger partial charge in [-0.2, -0.15) is 0 Å². The lowest BCUT2D eigenvalue weighted by Crippen LogP contribution is -2.58. The molecule has 0 aromatic carbocycles. The summed E-state index contributed by atoms with van der Waals surface area (Å²) in [5.74, 6) is 0.114. The van der Waals surface area contributed by atoms with Gasteiger partial charge in [-0.05, 0) is 19.1 Å². The molecule has 0 bridgehead atoms. The molecule has 32 heavy (non-hydrogen) atoms. The zero-order chi connectivity index (χ0) is 22.9. The fraction of sp³-hybridized carbons (Fsp3) is 0.368. The average Bonchev–Trinajstić information content (AvgIpc) is 3.16. The van der Waals surface area contributed by atoms with Crippen LogP contribution < -0.4 is 15.6 Å². The lowest BCUT2D eigenvalue weighted by Gasteiger charge is -2.39. The quantitative estimate of drug-likeness (QED) is 0.543. The van der Waals surface area contributed by atoms with Gasteiger partial charge in [0.1, 0.15) is 16.9 Å².